The Hall–Kier alpha value is -2.64. The molecule has 158 valence electrons. The van der Waals surface area contributed by atoms with Crippen molar-refractivity contribution in [1.29, 1.82) is 0 Å². The van der Waals surface area contributed by atoms with Gasteiger partial charge in [-0.2, -0.15) is 0 Å². The number of likely N-dealkylation sites (tertiary alicyclic amines) is 1. The van der Waals surface area contributed by atoms with Crippen LogP contribution in [0, 0.1) is 0 Å². The topological polar surface area (TPSA) is 66.5 Å². The first-order valence-corrected chi connectivity index (χ1v) is 11.3. The molecule has 0 unspecified atom stereocenters. The molecule has 1 amide bonds. The standard InChI is InChI=1S/C23H28N4O2S/c1-29-19-9-6-17(7-10-19)15-24-18-8-11-20-21(14-18)30-23(25-20)26-22(28)16-27-12-4-2-3-5-13-27/h6-11,14,24H,2-5,12-13,15-16H2,1H3,(H,25,26,28). The summed E-state index contributed by atoms with van der Waals surface area (Å²) in [6.07, 6.45) is 4.90. The van der Waals surface area contributed by atoms with Crippen LogP contribution in [0.4, 0.5) is 10.8 Å². The van der Waals surface area contributed by atoms with E-state index in [2.05, 4.69) is 38.7 Å². The van der Waals surface area contributed by atoms with Crippen LogP contribution in [-0.2, 0) is 11.3 Å². The first-order valence-electron chi connectivity index (χ1n) is 10.5. The van der Waals surface area contributed by atoms with Crippen LogP contribution in [0.1, 0.15) is 31.2 Å². The minimum absolute atomic E-state index is 0.0220. The van der Waals surface area contributed by atoms with E-state index in [0.29, 0.717) is 11.7 Å². The number of anilines is 2. The fourth-order valence-electron chi connectivity index (χ4n) is 3.69. The Kier molecular flexibility index (Phi) is 6.81. The van der Waals surface area contributed by atoms with Crippen molar-refractivity contribution in [3.63, 3.8) is 0 Å². The van der Waals surface area contributed by atoms with Gasteiger partial charge in [-0.1, -0.05) is 36.3 Å². The largest absolute Gasteiger partial charge is 0.497 e. The Labute approximate surface area is 181 Å². The lowest BCUT2D eigenvalue weighted by Crippen LogP contribution is -2.33. The van der Waals surface area contributed by atoms with Crippen LogP contribution in [0.25, 0.3) is 10.2 Å². The van der Waals surface area contributed by atoms with Gasteiger partial charge in [0.25, 0.3) is 0 Å². The first kappa shape index (κ1) is 20.6. The highest BCUT2D eigenvalue weighted by Crippen LogP contribution is 2.28. The lowest BCUT2D eigenvalue weighted by Gasteiger charge is -2.18. The van der Waals surface area contributed by atoms with Crippen molar-refractivity contribution in [2.45, 2.75) is 32.2 Å². The number of benzene rings is 2. The molecule has 7 heteroatoms. The predicted octanol–water partition coefficient (Wildman–Crippen LogP) is 4.73. The fraction of sp³-hybridized carbons (Fsp3) is 0.391. The number of nitrogens with zero attached hydrogens (tertiary/aromatic N) is 2. The molecule has 30 heavy (non-hydrogen) atoms. The van der Waals surface area contributed by atoms with Crippen LogP contribution in [-0.4, -0.2) is 42.5 Å². The molecule has 1 aromatic heterocycles. The fourth-order valence-corrected chi connectivity index (χ4v) is 4.61. The van der Waals surface area contributed by atoms with Gasteiger partial charge >= 0.3 is 0 Å². The predicted molar refractivity (Wildman–Crippen MR) is 123 cm³/mol. The van der Waals surface area contributed by atoms with E-state index in [9.17, 15) is 4.79 Å². The Balaban J connectivity index is 1.35. The van der Waals surface area contributed by atoms with Crippen molar-refractivity contribution in [3.05, 3.63) is 48.0 Å². The van der Waals surface area contributed by atoms with E-state index in [4.69, 9.17) is 4.74 Å². The van der Waals surface area contributed by atoms with Gasteiger partial charge in [0.2, 0.25) is 5.91 Å². The normalized spacial score (nSPS) is 15.0. The number of carbonyl (C=O) groups is 1. The second-order valence-electron chi connectivity index (χ2n) is 7.64. The SMILES string of the molecule is COc1ccc(CNc2ccc3nc(NC(=O)CN4CCCCCC4)sc3c2)cc1. The van der Waals surface area contributed by atoms with Crippen molar-refractivity contribution in [2.24, 2.45) is 0 Å². The average molecular weight is 425 g/mol. The first-order chi connectivity index (χ1) is 14.7. The number of rotatable bonds is 7. The van der Waals surface area contributed by atoms with E-state index in [1.54, 1.807) is 7.11 Å². The van der Waals surface area contributed by atoms with Crippen LogP contribution in [0.15, 0.2) is 42.5 Å². The number of fused-ring (bicyclic) bond motifs is 1. The summed E-state index contributed by atoms with van der Waals surface area (Å²) >= 11 is 1.51. The molecule has 0 saturated carbocycles. The molecule has 1 fully saturated rings. The molecule has 0 bridgehead atoms. The van der Waals surface area contributed by atoms with Gasteiger partial charge in [0.15, 0.2) is 5.13 Å². The van der Waals surface area contributed by atoms with E-state index in [1.165, 1.54) is 42.6 Å². The molecule has 0 aliphatic carbocycles. The Morgan fingerprint density at radius 2 is 1.87 bits per heavy atom. The molecule has 1 saturated heterocycles. The average Bonchev–Trinajstić information content (AvgIpc) is 2.97. The number of hydrogen-bond donors (Lipinski definition) is 2. The summed E-state index contributed by atoms with van der Waals surface area (Å²) in [5.74, 6) is 0.879. The van der Waals surface area contributed by atoms with Crippen LogP contribution in [0.2, 0.25) is 0 Å². The molecule has 1 aliphatic heterocycles. The number of methoxy groups -OCH3 is 1. The summed E-state index contributed by atoms with van der Waals surface area (Å²) in [5, 5.41) is 7.09. The Morgan fingerprint density at radius 1 is 1.10 bits per heavy atom. The van der Waals surface area contributed by atoms with Gasteiger partial charge in [0, 0.05) is 12.2 Å². The Morgan fingerprint density at radius 3 is 2.60 bits per heavy atom. The van der Waals surface area contributed by atoms with Crippen LogP contribution in [0.5, 0.6) is 5.75 Å². The van der Waals surface area contributed by atoms with Crippen molar-refractivity contribution in [2.75, 3.05) is 37.4 Å². The van der Waals surface area contributed by atoms with Gasteiger partial charge in [-0.05, 0) is 61.8 Å². The maximum absolute atomic E-state index is 12.4. The zero-order valence-electron chi connectivity index (χ0n) is 17.3. The maximum Gasteiger partial charge on any atom is 0.240 e. The third kappa shape index (κ3) is 5.49. The van der Waals surface area contributed by atoms with Gasteiger partial charge < -0.3 is 15.4 Å². The molecule has 2 aromatic carbocycles. The number of thiazole rings is 1. The highest BCUT2D eigenvalue weighted by Gasteiger charge is 2.14. The van der Waals surface area contributed by atoms with Gasteiger partial charge in [-0.25, -0.2) is 4.98 Å². The lowest BCUT2D eigenvalue weighted by atomic mass is 10.2. The second-order valence-corrected chi connectivity index (χ2v) is 8.67. The summed E-state index contributed by atoms with van der Waals surface area (Å²) in [6.45, 7) is 3.20. The van der Waals surface area contributed by atoms with Gasteiger partial charge in [0.1, 0.15) is 5.75 Å². The molecule has 4 rings (SSSR count). The highest BCUT2D eigenvalue weighted by molar-refractivity contribution is 7.22. The number of amides is 1. The molecule has 0 spiro atoms. The quantitative estimate of drug-likeness (QED) is 0.574. The highest BCUT2D eigenvalue weighted by atomic mass is 32.1. The molecule has 2 heterocycles. The zero-order chi connectivity index (χ0) is 20.8. The number of nitrogens with one attached hydrogen (secondary N) is 2. The van der Waals surface area contributed by atoms with E-state index < -0.39 is 0 Å². The van der Waals surface area contributed by atoms with Gasteiger partial charge in [0.05, 0.1) is 23.9 Å². The monoisotopic (exact) mass is 424 g/mol. The number of ether oxygens (including phenoxy) is 1. The van der Waals surface area contributed by atoms with Crippen molar-refractivity contribution in [1.82, 2.24) is 9.88 Å². The second kappa shape index (κ2) is 9.91. The minimum atomic E-state index is 0.0220. The molecule has 2 N–H and O–H groups in total. The zero-order valence-corrected chi connectivity index (χ0v) is 18.1. The summed E-state index contributed by atoms with van der Waals surface area (Å²) in [5.41, 5.74) is 3.12. The number of hydrogen-bond acceptors (Lipinski definition) is 6. The molecule has 0 radical (unpaired) electrons. The minimum Gasteiger partial charge on any atom is -0.497 e. The Bertz CT molecular complexity index is 979. The third-order valence-electron chi connectivity index (χ3n) is 5.36. The molecular weight excluding hydrogens is 396 g/mol. The molecule has 0 atom stereocenters. The summed E-state index contributed by atoms with van der Waals surface area (Å²) < 4.78 is 6.25. The van der Waals surface area contributed by atoms with E-state index in [-0.39, 0.29) is 5.91 Å². The summed E-state index contributed by atoms with van der Waals surface area (Å²) in [6, 6.07) is 14.1. The number of carbonyl (C=O) groups excluding carboxylic acids is 1. The van der Waals surface area contributed by atoms with Crippen LogP contribution < -0.4 is 15.4 Å². The van der Waals surface area contributed by atoms with Crippen LogP contribution >= 0.6 is 11.3 Å². The molecule has 1 aliphatic rings. The third-order valence-corrected chi connectivity index (χ3v) is 6.29. The van der Waals surface area contributed by atoms with Gasteiger partial charge in [-0.15, -0.1) is 0 Å². The van der Waals surface area contributed by atoms with Crippen LogP contribution in [0.3, 0.4) is 0 Å². The smallest absolute Gasteiger partial charge is 0.240 e. The van der Waals surface area contributed by atoms with E-state index in [1.807, 2.05) is 24.3 Å². The molecular formula is C23H28N4O2S. The van der Waals surface area contributed by atoms with Crippen molar-refractivity contribution >= 4 is 38.3 Å². The maximum atomic E-state index is 12.4. The lowest BCUT2D eigenvalue weighted by molar-refractivity contribution is -0.117. The van der Waals surface area contributed by atoms with E-state index >= 15 is 0 Å². The number of aromatic nitrogens is 1. The summed E-state index contributed by atoms with van der Waals surface area (Å²) in [4.78, 5) is 19.3. The molecule has 6 nitrogen and oxygen atoms in total. The van der Waals surface area contributed by atoms with E-state index in [0.717, 1.165) is 41.3 Å². The molecule has 3 aromatic rings. The van der Waals surface area contributed by atoms with Gasteiger partial charge in [-0.3, -0.25) is 9.69 Å². The van der Waals surface area contributed by atoms with Crippen molar-refractivity contribution < 1.29 is 9.53 Å². The summed E-state index contributed by atoms with van der Waals surface area (Å²) in [7, 11) is 1.67. The van der Waals surface area contributed by atoms with Crippen molar-refractivity contribution in [3.8, 4) is 5.75 Å².